The lowest BCUT2D eigenvalue weighted by Crippen LogP contribution is -2.84. The van der Waals surface area contributed by atoms with E-state index in [1.807, 2.05) is 26.0 Å². The number of nitrogens with one attached hydrogen (secondary N) is 1. The summed E-state index contributed by atoms with van der Waals surface area (Å²) in [4.78, 5) is 27.4. The van der Waals surface area contributed by atoms with Crippen LogP contribution in [0.1, 0.15) is 48.5 Å². The second-order valence-corrected chi connectivity index (χ2v) is 11.3. The van der Waals surface area contributed by atoms with Gasteiger partial charge in [0.1, 0.15) is 18.1 Å². The Morgan fingerprint density at radius 1 is 1.17 bits per heavy atom. The number of hydrogen-bond acceptors (Lipinski definition) is 6. The van der Waals surface area contributed by atoms with Crippen LogP contribution in [0, 0.1) is 13.8 Å². The normalized spacial score (nSPS) is 31.9. The number of hydrogen-bond donors (Lipinski definition) is 2. The molecule has 2 bridgehead atoms. The van der Waals surface area contributed by atoms with Crippen LogP contribution in [0.4, 0.5) is 4.79 Å². The summed E-state index contributed by atoms with van der Waals surface area (Å²) in [5, 5.41) is 14.1. The van der Waals surface area contributed by atoms with Crippen molar-refractivity contribution in [1.29, 1.82) is 0 Å². The molecule has 1 unspecified atom stereocenters. The molecule has 1 saturated heterocycles. The second-order valence-electron chi connectivity index (χ2n) is 10.8. The molecule has 4 fully saturated rings. The molecule has 3 atom stereocenters. The molecule has 0 spiro atoms. The summed E-state index contributed by atoms with van der Waals surface area (Å²) in [7, 11) is 0. The average molecular weight is 513 g/mol. The summed E-state index contributed by atoms with van der Waals surface area (Å²) in [6, 6.07) is 11.0. The Hall–Kier alpha value is -2.97. The van der Waals surface area contributed by atoms with Crippen molar-refractivity contribution in [2.45, 2.75) is 68.9 Å². The quantitative estimate of drug-likeness (QED) is 0.610. The number of halogens is 1. The van der Waals surface area contributed by atoms with Crippen LogP contribution in [0.25, 0.3) is 0 Å². The molecule has 190 valence electrons. The van der Waals surface area contributed by atoms with Crippen LogP contribution in [0.5, 0.6) is 11.5 Å². The van der Waals surface area contributed by atoms with Crippen molar-refractivity contribution in [3.05, 3.63) is 58.1 Å². The first-order valence-corrected chi connectivity index (χ1v) is 12.7. The summed E-state index contributed by atoms with van der Waals surface area (Å²) in [6.07, 6.45) is -0.0123. The van der Waals surface area contributed by atoms with E-state index in [1.165, 1.54) is 0 Å². The van der Waals surface area contributed by atoms with Gasteiger partial charge in [-0.3, -0.25) is 9.69 Å². The topological polar surface area (TPSA) is 97.3 Å². The molecule has 2 N–H and O–H groups in total. The summed E-state index contributed by atoms with van der Waals surface area (Å²) >= 11 is 6.01. The van der Waals surface area contributed by atoms with Gasteiger partial charge in [-0.2, -0.15) is 0 Å². The lowest BCUT2D eigenvalue weighted by atomic mass is 9.43. The predicted molar refractivity (Wildman–Crippen MR) is 131 cm³/mol. The molecule has 0 aromatic heterocycles. The van der Waals surface area contributed by atoms with Crippen molar-refractivity contribution < 1.29 is 28.9 Å². The van der Waals surface area contributed by atoms with Gasteiger partial charge in [0.15, 0.2) is 12.2 Å². The molecule has 9 heteroatoms. The van der Waals surface area contributed by atoms with E-state index in [0.29, 0.717) is 48.7 Å². The molecule has 2 amide bonds. The van der Waals surface area contributed by atoms with E-state index in [4.69, 9.17) is 25.8 Å². The molecule has 2 heterocycles. The minimum absolute atomic E-state index is 0.168. The van der Waals surface area contributed by atoms with Crippen LogP contribution in [0.3, 0.4) is 0 Å². The first kappa shape index (κ1) is 23.4. The number of cyclic esters (lactones) is 1. The number of carbonyl (C=O) groups excluding carboxylic acids is 2. The van der Waals surface area contributed by atoms with Crippen molar-refractivity contribution in [2.75, 3.05) is 13.2 Å². The number of aryl methyl sites for hydroxylation is 2. The van der Waals surface area contributed by atoms with E-state index in [2.05, 4.69) is 11.4 Å². The maximum absolute atomic E-state index is 13.0. The highest BCUT2D eigenvalue weighted by atomic mass is 35.5. The number of nitrogens with zero attached hydrogens (tertiary/aromatic N) is 1. The summed E-state index contributed by atoms with van der Waals surface area (Å²) in [5.41, 5.74) is 2.24. The van der Waals surface area contributed by atoms with Gasteiger partial charge in [-0.15, -0.1) is 0 Å². The Morgan fingerprint density at radius 2 is 1.89 bits per heavy atom. The van der Waals surface area contributed by atoms with Gasteiger partial charge < -0.3 is 24.6 Å². The summed E-state index contributed by atoms with van der Waals surface area (Å²) < 4.78 is 17.3. The second kappa shape index (κ2) is 8.28. The number of rotatable bonds is 6. The number of amides is 2. The van der Waals surface area contributed by atoms with Crippen LogP contribution >= 0.6 is 11.6 Å². The van der Waals surface area contributed by atoms with Gasteiger partial charge in [-0.25, -0.2) is 4.79 Å². The molecule has 3 saturated carbocycles. The fourth-order valence-corrected chi connectivity index (χ4v) is 6.46. The van der Waals surface area contributed by atoms with Gasteiger partial charge >= 0.3 is 6.09 Å². The van der Waals surface area contributed by atoms with Crippen LogP contribution in [0.2, 0.25) is 5.02 Å². The van der Waals surface area contributed by atoms with Crippen molar-refractivity contribution in [3.63, 3.8) is 0 Å². The Labute approximate surface area is 214 Å². The fourth-order valence-electron chi connectivity index (χ4n) is 6.27. The highest BCUT2D eigenvalue weighted by Crippen LogP contribution is 2.64. The number of aliphatic hydroxyl groups excluding tert-OH is 1. The van der Waals surface area contributed by atoms with Crippen LogP contribution < -0.4 is 14.8 Å². The molecule has 2 aromatic carbocycles. The Kier molecular flexibility index (Phi) is 5.39. The number of carbonyl (C=O) groups is 2. The smallest absolute Gasteiger partial charge is 0.410 e. The highest BCUT2D eigenvalue weighted by molar-refractivity contribution is 6.30. The van der Waals surface area contributed by atoms with Crippen LogP contribution in [-0.4, -0.2) is 58.4 Å². The van der Waals surface area contributed by atoms with Gasteiger partial charge in [0.05, 0.1) is 18.2 Å². The van der Waals surface area contributed by atoms with Crippen molar-refractivity contribution >= 4 is 23.6 Å². The Balaban J connectivity index is 1.02. The third-order valence-corrected chi connectivity index (χ3v) is 8.03. The van der Waals surface area contributed by atoms with Crippen molar-refractivity contribution in [1.82, 2.24) is 10.2 Å². The van der Waals surface area contributed by atoms with Gasteiger partial charge in [0.2, 0.25) is 0 Å². The van der Waals surface area contributed by atoms with Crippen molar-refractivity contribution in [3.8, 4) is 11.5 Å². The molecule has 8 nitrogen and oxygen atoms in total. The molecule has 5 aliphatic rings. The van der Waals surface area contributed by atoms with E-state index < -0.39 is 12.2 Å². The molecular formula is C27H29ClN2O6. The van der Waals surface area contributed by atoms with E-state index >= 15 is 0 Å². The number of aliphatic hydroxyl groups is 1. The largest absolute Gasteiger partial charge is 0.490 e. The zero-order valence-electron chi connectivity index (χ0n) is 20.3. The van der Waals surface area contributed by atoms with Crippen LogP contribution in [-0.2, 0) is 9.53 Å². The molecule has 3 aliphatic carbocycles. The summed E-state index contributed by atoms with van der Waals surface area (Å²) in [6.45, 7) is 4.82. The van der Waals surface area contributed by atoms with Gasteiger partial charge in [0.25, 0.3) is 5.91 Å². The first-order chi connectivity index (χ1) is 17.1. The standard InChI is InChI=1S/C27H29ClN2O6/c1-15-5-16(2)7-18(6-15)34-11-19-10-30(25(33)35-19)27-12-26(13-27,14-27)29-24(32)23-9-21(31)20-8-17(28)3-4-22(20)36-23/h3-8,19,21,23,31H,9-14H2,1-2H3,(H,29,32)/t19?,21-,23-,26?,27?/m1/s1. The van der Waals surface area contributed by atoms with E-state index in [1.54, 1.807) is 23.1 Å². The zero-order valence-corrected chi connectivity index (χ0v) is 21.0. The minimum Gasteiger partial charge on any atom is -0.490 e. The maximum Gasteiger partial charge on any atom is 0.410 e. The van der Waals surface area contributed by atoms with Crippen molar-refractivity contribution in [2.24, 2.45) is 0 Å². The predicted octanol–water partition coefficient (Wildman–Crippen LogP) is 3.83. The SMILES string of the molecule is Cc1cc(C)cc(OCC2CN(C34CC(NC(=O)[C@H]5C[C@@H](O)c6cc(Cl)ccc6O5)(C3)C4)C(=O)O2)c1. The number of fused-ring (bicyclic) bond motifs is 1. The lowest BCUT2D eigenvalue weighted by molar-refractivity contribution is -0.170. The van der Waals surface area contributed by atoms with E-state index in [-0.39, 0.29) is 35.6 Å². The third kappa shape index (κ3) is 3.96. The number of benzene rings is 2. The third-order valence-electron chi connectivity index (χ3n) is 7.80. The lowest BCUT2D eigenvalue weighted by Gasteiger charge is -2.72. The van der Waals surface area contributed by atoms with Gasteiger partial charge in [-0.1, -0.05) is 17.7 Å². The average Bonchev–Trinajstić information content (AvgIpc) is 3.13. The fraction of sp³-hybridized carbons (Fsp3) is 0.481. The zero-order chi connectivity index (χ0) is 25.2. The first-order valence-electron chi connectivity index (χ1n) is 12.3. The molecular weight excluding hydrogens is 484 g/mol. The molecule has 2 aromatic rings. The molecule has 36 heavy (non-hydrogen) atoms. The Bertz CT molecular complexity index is 1210. The maximum atomic E-state index is 13.0. The highest BCUT2D eigenvalue weighted by Gasteiger charge is 2.73. The van der Waals surface area contributed by atoms with Crippen LogP contribution in [0.15, 0.2) is 36.4 Å². The minimum atomic E-state index is -0.815. The van der Waals surface area contributed by atoms with E-state index in [0.717, 1.165) is 16.9 Å². The molecule has 2 aliphatic heterocycles. The van der Waals surface area contributed by atoms with Gasteiger partial charge in [-0.05, 0) is 74.6 Å². The monoisotopic (exact) mass is 512 g/mol. The molecule has 7 rings (SSSR count). The van der Waals surface area contributed by atoms with Gasteiger partial charge in [0, 0.05) is 22.5 Å². The summed E-state index contributed by atoms with van der Waals surface area (Å²) in [5.74, 6) is 1.00. The Morgan fingerprint density at radius 3 is 2.61 bits per heavy atom. The molecule has 0 radical (unpaired) electrons. The number of ether oxygens (including phenoxy) is 3. The van der Waals surface area contributed by atoms with E-state index in [9.17, 15) is 14.7 Å².